The lowest BCUT2D eigenvalue weighted by molar-refractivity contribution is 0.229. The van der Waals surface area contributed by atoms with Gasteiger partial charge in [0, 0.05) is 12.1 Å². The van der Waals surface area contributed by atoms with Gasteiger partial charge in [-0.05, 0) is 45.8 Å². The molecule has 3 heteroatoms. The van der Waals surface area contributed by atoms with Crippen LogP contribution in [0.5, 0.6) is 11.8 Å². The fourth-order valence-corrected chi connectivity index (χ4v) is 1.65. The van der Waals surface area contributed by atoms with E-state index in [1.807, 2.05) is 39.0 Å². The van der Waals surface area contributed by atoms with Crippen molar-refractivity contribution in [3.05, 3.63) is 47.6 Å². The average molecular weight is 287 g/mol. The van der Waals surface area contributed by atoms with Crippen molar-refractivity contribution in [1.29, 1.82) is 0 Å². The Labute approximate surface area is 128 Å². The Morgan fingerprint density at radius 2 is 1.86 bits per heavy atom. The maximum atomic E-state index is 5.66. The van der Waals surface area contributed by atoms with E-state index in [9.17, 15) is 0 Å². The van der Waals surface area contributed by atoms with E-state index in [0.29, 0.717) is 11.8 Å². The van der Waals surface area contributed by atoms with Crippen molar-refractivity contribution in [2.75, 3.05) is 7.11 Å². The quantitative estimate of drug-likeness (QED) is 0.704. The number of allylic oxidation sites excluding steroid dienone is 6. The Hall–Kier alpha value is -2.03. The van der Waals surface area contributed by atoms with E-state index in [0.717, 1.165) is 11.1 Å². The first kappa shape index (κ1) is 17.0. The molecule has 0 fully saturated rings. The lowest BCUT2D eigenvalue weighted by Crippen LogP contribution is -2.07. The third-order valence-electron chi connectivity index (χ3n) is 2.96. The second-order valence-electron chi connectivity index (χ2n) is 5.14. The normalized spacial score (nSPS) is 13.1. The van der Waals surface area contributed by atoms with Gasteiger partial charge >= 0.3 is 0 Å². The highest BCUT2D eigenvalue weighted by Gasteiger charge is 2.06. The van der Waals surface area contributed by atoms with E-state index < -0.39 is 0 Å². The molecule has 0 unspecified atom stereocenters. The van der Waals surface area contributed by atoms with Crippen molar-refractivity contribution in [1.82, 2.24) is 4.98 Å². The van der Waals surface area contributed by atoms with Crippen LogP contribution < -0.4 is 9.47 Å². The highest BCUT2D eigenvalue weighted by molar-refractivity contribution is 5.66. The van der Waals surface area contributed by atoms with Crippen molar-refractivity contribution in [3.8, 4) is 11.8 Å². The Bertz CT molecular complexity index is 554. The zero-order valence-corrected chi connectivity index (χ0v) is 13.8. The van der Waals surface area contributed by atoms with Crippen LogP contribution >= 0.6 is 0 Å². The summed E-state index contributed by atoms with van der Waals surface area (Å²) in [6.07, 6.45) is 8.34. The molecule has 3 nitrogen and oxygen atoms in total. The van der Waals surface area contributed by atoms with Crippen LogP contribution in [0.25, 0.3) is 5.57 Å². The first-order chi connectivity index (χ1) is 9.96. The number of rotatable bonds is 6. The summed E-state index contributed by atoms with van der Waals surface area (Å²) in [6.45, 7) is 10.1. The Morgan fingerprint density at radius 3 is 2.43 bits per heavy atom. The van der Waals surface area contributed by atoms with Crippen molar-refractivity contribution >= 4 is 5.57 Å². The SMILES string of the molecule is C/C=C(C)/C=C/C=C(\C)c1cc(OC)nc(OC(C)C)c1. The third kappa shape index (κ3) is 5.86. The van der Waals surface area contributed by atoms with Crippen LogP contribution in [0.15, 0.2) is 42.0 Å². The van der Waals surface area contributed by atoms with Crippen LogP contribution in [0.1, 0.15) is 40.2 Å². The maximum absolute atomic E-state index is 5.66. The summed E-state index contributed by atoms with van der Waals surface area (Å²) in [5.41, 5.74) is 3.40. The number of hydrogen-bond acceptors (Lipinski definition) is 3. The minimum atomic E-state index is 0.0824. The largest absolute Gasteiger partial charge is 0.481 e. The van der Waals surface area contributed by atoms with E-state index in [1.54, 1.807) is 7.11 Å². The van der Waals surface area contributed by atoms with E-state index >= 15 is 0 Å². The molecular weight excluding hydrogens is 262 g/mol. The van der Waals surface area contributed by atoms with E-state index in [1.165, 1.54) is 5.57 Å². The van der Waals surface area contributed by atoms with Crippen molar-refractivity contribution in [2.24, 2.45) is 0 Å². The van der Waals surface area contributed by atoms with Gasteiger partial charge in [0.05, 0.1) is 13.2 Å². The molecule has 0 aliphatic carbocycles. The molecule has 0 amide bonds. The third-order valence-corrected chi connectivity index (χ3v) is 2.96. The monoisotopic (exact) mass is 287 g/mol. The smallest absolute Gasteiger partial charge is 0.217 e. The van der Waals surface area contributed by atoms with Crippen molar-refractivity contribution in [2.45, 2.75) is 40.7 Å². The second kappa shape index (κ2) is 8.30. The van der Waals surface area contributed by atoms with Gasteiger partial charge in [-0.2, -0.15) is 4.98 Å². The fourth-order valence-electron chi connectivity index (χ4n) is 1.65. The first-order valence-corrected chi connectivity index (χ1v) is 7.17. The molecule has 0 aliphatic rings. The summed E-state index contributed by atoms with van der Waals surface area (Å²) >= 11 is 0. The molecule has 0 atom stereocenters. The highest BCUT2D eigenvalue weighted by Crippen LogP contribution is 2.24. The Balaban J connectivity index is 3.05. The summed E-state index contributed by atoms with van der Waals surface area (Å²) in [6, 6.07) is 3.85. The Kier molecular flexibility index (Phi) is 6.73. The number of ether oxygens (including phenoxy) is 2. The predicted molar refractivity (Wildman–Crippen MR) is 88.8 cm³/mol. The van der Waals surface area contributed by atoms with Gasteiger partial charge in [-0.3, -0.25) is 0 Å². The molecule has 1 rings (SSSR count). The van der Waals surface area contributed by atoms with Gasteiger partial charge in [0.25, 0.3) is 0 Å². The predicted octanol–water partition coefficient (Wildman–Crippen LogP) is 4.80. The van der Waals surface area contributed by atoms with Crippen LogP contribution in [-0.4, -0.2) is 18.2 Å². The molecule has 0 saturated heterocycles. The van der Waals surface area contributed by atoms with Crippen LogP contribution in [0, 0.1) is 0 Å². The van der Waals surface area contributed by atoms with Crippen molar-refractivity contribution in [3.63, 3.8) is 0 Å². The summed E-state index contributed by atoms with van der Waals surface area (Å²) in [7, 11) is 1.61. The fraction of sp³-hybridized carbons (Fsp3) is 0.389. The van der Waals surface area contributed by atoms with Gasteiger partial charge in [-0.25, -0.2) is 0 Å². The van der Waals surface area contributed by atoms with E-state index in [2.05, 4.69) is 37.1 Å². The van der Waals surface area contributed by atoms with Crippen LogP contribution in [0.3, 0.4) is 0 Å². The number of nitrogens with zero attached hydrogens (tertiary/aromatic N) is 1. The number of pyridine rings is 1. The maximum Gasteiger partial charge on any atom is 0.217 e. The second-order valence-corrected chi connectivity index (χ2v) is 5.14. The summed E-state index contributed by atoms with van der Waals surface area (Å²) in [4.78, 5) is 4.30. The molecule has 1 aromatic heterocycles. The highest BCUT2D eigenvalue weighted by atomic mass is 16.5. The number of methoxy groups -OCH3 is 1. The zero-order valence-electron chi connectivity index (χ0n) is 13.8. The van der Waals surface area contributed by atoms with E-state index in [-0.39, 0.29) is 6.10 Å². The molecule has 0 N–H and O–H groups in total. The van der Waals surface area contributed by atoms with Crippen LogP contribution in [-0.2, 0) is 0 Å². The minimum absolute atomic E-state index is 0.0824. The molecule has 0 spiro atoms. The molecule has 0 aromatic carbocycles. The lowest BCUT2D eigenvalue weighted by atomic mass is 10.1. The van der Waals surface area contributed by atoms with Gasteiger partial charge in [0.15, 0.2) is 0 Å². The van der Waals surface area contributed by atoms with Gasteiger partial charge in [0.1, 0.15) is 0 Å². The standard InChI is InChI=1S/C18H25NO2/c1-7-14(4)9-8-10-15(5)16-11-17(20-6)19-18(12-16)21-13(2)3/h7-13H,1-6H3/b9-8+,14-7+,15-10+. The summed E-state index contributed by atoms with van der Waals surface area (Å²) in [5, 5.41) is 0. The van der Waals surface area contributed by atoms with Crippen LogP contribution in [0.4, 0.5) is 0 Å². The summed E-state index contributed by atoms with van der Waals surface area (Å²) in [5.74, 6) is 1.14. The molecule has 0 aliphatic heterocycles. The molecule has 0 saturated carbocycles. The molecule has 1 aromatic rings. The topological polar surface area (TPSA) is 31.4 Å². The number of aromatic nitrogens is 1. The van der Waals surface area contributed by atoms with Gasteiger partial charge in [0.2, 0.25) is 11.8 Å². The van der Waals surface area contributed by atoms with Crippen LogP contribution in [0.2, 0.25) is 0 Å². The molecule has 21 heavy (non-hydrogen) atoms. The lowest BCUT2D eigenvalue weighted by Gasteiger charge is -2.12. The van der Waals surface area contributed by atoms with Crippen molar-refractivity contribution < 1.29 is 9.47 Å². The zero-order chi connectivity index (χ0) is 15.8. The average Bonchev–Trinajstić information content (AvgIpc) is 2.45. The molecule has 0 radical (unpaired) electrons. The number of hydrogen-bond donors (Lipinski definition) is 0. The first-order valence-electron chi connectivity index (χ1n) is 7.17. The molecule has 0 bridgehead atoms. The van der Waals surface area contributed by atoms with Gasteiger partial charge in [-0.1, -0.05) is 29.9 Å². The van der Waals surface area contributed by atoms with Gasteiger partial charge < -0.3 is 9.47 Å². The molecular formula is C18H25NO2. The minimum Gasteiger partial charge on any atom is -0.481 e. The van der Waals surface area contributed by atoms with E-state index in [4.69, 9.17) is 9.47 Å². The molecule has 1 heterocycles. The van der Waals surface area contributed by atoms with Gasteiger partial charge in [-0.15, -0.1) is 0 Å². The molecule has 114 valence electrons. The summed E-state index contributed by atoms with van der Waals surface area (Å²) < 4.78 is 10.9. The Morgan fingerprint density at radius 1 is 1.19 bits per heavy atom.